The molecule has 2 bridgehead atoms. The maximum atomic E-state index is 16.8. The van der Waals surface area contributed by atoms with E-state index in [2.05, 4.69) is 21.1 Å². The Kier molecular flexibility index (Phi) is 7.21. The van der Waals surface area contributed by atoms with Crippen LogP contribution in [0.15, 0.2) is 65.7 Å². The summed E-state index contributed by atoms with van der Waals surface area (Å²) in [5, 5.41) is 5.22. The summed E-state index contributed by atoms with van der Waals surface area (Å²) in [6.45, 7) is 2.54. The molecule has 0 amide bonds. The molecule has 3 fully saturated rings. The fourth-order valence-corrected chi connectivity index (χ4v) is 7.67. The normalized spacial score (nSPS) is 19.5. The lowest BCUT2D eigenvalue weighted by Gasteiger charge is -2.45. The summed E-state index contributed by atoms with van der Waals surface area (Å²) >= 11 is 0. The zero-order chi connectivity index (χ0) is 33.3. The Morgan fingerprint density at radius 3 is 2.40 bits per heavy atom. The minimum Gasteiger partial charge on any atom is -0.368 e. The van der Waals surface area contributed by atoms with E-state index < -0.39 is 21.8 Å². The monoisotopic (exact) mass is 667 g/mol. The minimum atomic E-state index is -4.29. The van der Waals surface area contributed by atoms with Gasteiger partial charge in [-0.2, -0.15) is 13.4 Å². The number of benzene rings is 3. The van der Waals surface area contributed by atoms with Gasteiger partial charge in [0.1, 0.15) is 22.8 Å². The number of halogens is 2. The van der Waals surface area contributed by atoms with Gasteiger partial charge in [-0.05, 0) is 48.6 Å². The number of fused-ring (bicyclic) bond motifs is 4. The molecule has 0 spiro atoms. The smallest absolute Gasteiger partial charge is 0.294 e. The van der Waals surface area contributed by atoms with Gasteiger partial charge in [0.15, 0.2) is 5.82 Å². The molecule has 2 N–H and O–H groups in total. The molecule has 2 unspecified atom stereocenters. The largest absolute Gasteiger partial charge is 0.368 e. The molecule has 3 aliphatic heterocycles. The molecule has 3 aliphatic rings. The lowest BCUT2D eigenvalue weighted by Crippen LogP contribution is -2.59. The zero-order valence-corrected chi connectivity index (χ0v) is 26.8. The topological polar surface area (TPSA) is 115 Å². The van der Waals surface area contributed by atoms with Crippen molar-refractivity contribution in [3.05, 3.63) is 78.0 Å². The van der Waals surface area contributed by atoms with E-state index in [0.29, 0.717) is 58.7 Å². The summed E-state index contributed by atoms with van der Waals surface area (Å²) in [6, 6.07) is 14.9. The highest BCUT2D eigenvalue weighted by Crippen LogP contribution is 2.38. The summed E-state index contributed by atoms with van der Waals surface area (Å²) in [5.41, 5.74) is 1.36. The quantitative estimate of drug-likeness (QED) is 0.197. The highest BCUT2D eigenvalue weighted by molar-refractivity contribution is 7.85. The number of anilines is 3. The molecule has 0 saturated carbocycles. The van der Waals surface area contributed by atoms with Gasteiger partial charge >= 0.3 is 0 Å². The number of piperazine rings is 1. The molecule has 3 saturated heterocycles. The predicted molar refractivity (Wildman–Crippen MR) is 181 cm³/mol. The van der Waals surface area contributed by atoms with Crippen LogP contribution in [0.4, 0.5) is 26.2 Å². The Bertz CT molecular complexity index is 2240. The summed E-state index contributed by atoms with van der Waals surface area (Å²) in [5.74, 6) is 2.24. The number of pyridine rings is 1. The molecule has 2 atom stereocenters. The van der Waals surface area contributed by atoms with Gasteiger partial charge < -0.3 is 20.0 Å². The minimum absolute atomic E-state index is 0.0285. The Morgan fingerprint density at radius 2 is 1.71 bits per heavy atom. The molecule has 2 aromatic heterocycles. The number of hydrogen-bond acceptors (Lipinski definition) is 9. The van der Waals surface area contributed by atoms with Gasteiger partial charge in [-0.3, -0.25) is 9.54 Å². The van der Waals surface area contributed by atoms with E-state index in [1.807, 2.05) is 16.8 Å². The number of terminal acetylenes is 1. The van der Waals surface area contributed by atoms with Gasteiger partial charge in [-0.1, -0.05) is 30.2 Å². The van der Waals surface area contributed by atoms with Gasteiger partial charge in [0.05, 0.1) is 21.9 Å². The summed E-state index contributed by atoms with van der Waals surface area (Å²) < 4.78 is 63.9. The van der Waals surface area contributed by atoms with E-state index in [1.165, 1.54) is 18.2 Å². The average molecular weight is 668 g/mol. The lowest BCUT2D eigenvalue weighted by molar-refractivity contribution is 0.462. The van der Waals surface area contributed by atoms with E-state index in [0.717, 1.165) is 31.6 Å². The second-order valence-electron chi connectivity index (χ2n) is 12.7. The van der Waals surface area contributed by atoms with Crippen molar-refractivity contribution in [2.75, 3.05) is 47.9 Å². The van der Waals surface area contributed by atoms with E-state index in [1.54, 1.807) is 42.6 Å². The van der Waals surface area contributed by atoms with E-state index in [4.69, 9.17) is 16.4 Å². The third-order valence-electron chi connectivity index (χ3n) is 9.80. The van der Waals surface area contributed by atoms with Crippen molar-refractivity contribution in [2.45, 2.75) is 35.9 Å². The lowest BCUT2D eigenvalue weighted by atomic mass is 9.96. The van der Waals surface area contributed by atoms with E-state index in [9.17, 15) is 17.4 Å². The number of nitrogens with one attached hydrogen (secondary N) is 1. The Hall–Kier alpha value is -4.90. The second-order valence-corrected chi connectivity index (χ2v) is 14.1. The van der Waals surface area contributed by atoms with Crippen LogP contribution in [-0.4, -0.2) is 79.3 Å². The maximum absolute atomic E-state index is 16.8. The highest BCUT2D eigenvalue weighted by atomic mass is 32.2. The molecule has 48 heavy (non-hydrogen) atoms. The number of likely N-dealkylation sites (N-methyl/N-ethyl adjacent to an activating group) is 1. The maximum Gasteiger partial charge on any atom is 0.294 e. The summed E-state index contributed by atoms with van der Waals surface area (Å²) in [4.78, 5) is 20.4. The Morgan fingerprint density at radius 1 is 0.979 bits per heavy atom. The molecule has 8 rings (SSSR count). The first-order chi connectivity index (χ1) is 23.1. The Balaban J connectivity index is 1.19. The highest BCUT2D eigenvalue weighted by Gasteiger charge is 2.36. The van der Waals surface area contributed by atoms with Gasteiger partial charge in [-0.25, -0.2) is 13.8 Å². The van der Waals surface area contributed by atoms with Gasteiger partial charge in [0.25, 0.3) is 10.1 Å². The number of aromatic nitrogens is 3. The summed E-state index contributed by atoms with van der Waals surface area (Å²) in [7, 11) is -2.38. The van der Waals surface area contributed by atoms with Crippen molar-refractivity contribution >= 4 is 49.2 Å². The molecule has 5 aromatic rings. The molecular formula is C35H31F2N7O3S. The van der Waals surface area contributed by atoms with Crippen molar-refractivity contribution in [3.8, 4) is 23.6 Å². The summed E-state index contributed by atoms with van der Waals surface area (Å²) in [6.07, 6.45) is 9.44. The predicted octanol–water partition coefficient (Wildman–Crippen LogP) is 4.62. The van der Waals surface area contributed by atoms with Crippen LogP contribution in [-0.2, 0) is 10.1 Å². The molecule has 0 aliphatic carbocycles. The zero-order valence-electron chi connectivity index (χ0n) is 25.9. The van der Waals surface area contributed by atoms with Crippen LogP contribution in [0.3, 0.4) is 0 Å². The Labute approximate surface area is 276 Å². The molecule has 10 nitrogen and oxygen atoms in total. The van der Waals surface area contributed by atoms with E-state index >= 15 is 4.39 Å². The first-order valence-corrected chi connectivity index (χ1v) is 17.1. The van der Waals surface area contributed by atoms with Crippen LogP contribution < -0.4 is 20.0 Å². The van der Waals surface area contributed by atoms with Crippen LogP contribution in [0.1, 0.15) is 18.4 Å². The number of rotatable bonds is 6. The first-order valence-electron chi connectivity index (χ1n) is 15.7. The standard InChI is InChI=1S/C35H31F2N7O3S/c1-3-26-29(36)14-7-20-5-4-6-27(30(20)26)32-31(37)33-28(15-38-32)34(43-16-21-8-9-22(17-43)39-21)41-35(40-33)44-18-24(19-44)42(2)23-10-12-25(13-11-23)48(45,46)47/h1,4-7,10-15,21-22,24,39H,8-9,16-19H2,2H3,(H,45,46,47). The fourth-order valence-electron chi connectivity index (χ4n) is 7.19. The van der Waals surface area contributed by atoms with Crippen LogP contribution in [0.25, 0.3) is 32.9 Å². The number of nitrogens with zero attached hydrogens (tertiary/aromatic N) is 6. The van der Waals surface area contributed by atoms with Crippen molar-refractivity contribution in [1.29, 1.82) is 0 Å². The van der Waals surface area contributed by atoms with Crippen molar-refractivity contribution in [2.24, 2.45) is 0 Å². The molecule has 0 radical (unpaired) electrons. The SMILES string of the molecule is C#Cc1c(F)ccc2cccc(-c3ncc4c(N5CC6CCC(C5)N6)nc(N5CC(N(C)c6ccc(S(=O)(=O)O)cc6)C5)nc4c3F)c12. The first kappa shape index (κ1) is 30.4. The second kappa shape index (κ2) is 11.4. The fraction of sp³-hybridized carbons (Fsp3) is 0.286. The molecule has 244 valence electrons. The molecule has 5 heterocycles. The van der Waals surface area contributed by atoms with Gasteiger partial charge in [-0.15, -0.1) is 6.42 Å². The average Bonchev–Trinajstić information content (AvgIpc) is 3.40. The third-order valence-corrected chi connectivity index (χ3v) is 10.7. The van der Waals surface area contributed by atoms with Crippen LogP contribution in [0, 0.1) is 24.0 Å². The number of hydrogen-bond donors (Lipinski definition) is 2. The van der Waals surface area contributed by atoms with Gasteiger partial charge in [0, 0.05) is 68.1 Å². The molecule has 13 heteroatoms. The van der Waals surface area contributed by atoms with Crippen molar-refractivity contribution in [1.82, 2.24) is 20.3 Å². The molecular weight excluding hydrogens is 636 g/mol. The van der Waals surface area contributed by atoms with Crippen LogP contribution in [0.2, 0.25) is 0 Å². The van der Waals surface area contributed by atoms with Crippen molar-refractivity contribution in [3.63, 3.8) is 0 Å². The van der Waals surface area contributed by atoms with Crippen molar-refractivity contribution < 1.29 is 21.8 Å². The van der Waals surface area contributed by atoms with Crippen LogP contribution in [0.5, 0.6) is 0 Å². The third kappa shape index (κ3) is 5.08. The molecule has 3 aromatic carbocycles. The van der Waals surface area contributed by atoms with Gasteiger partial charge in [0.2, 0.25) is 5.95 Å². The van der Waals surface area contributed by atoms with Crippen LogP contribution >= 0.6 is 0 Å². The van der Waals surface area contributed by atoms with E-state index in [-0.39, 0.29) is 27.7 Å².